The first-order valence-electron chi connectivity index (χ1n) is 4.86. The van der Waals surface area contributed by atoms with E-state index in [9.17, 15) is 0 Å². The first-order valence-corrected chi connectivity index (χ1v) is 5.26. The number of hydrogen-bond acceptors (Lipinski definition) is 4. The van der Waals surface area contributed by atoms with Gasteiger partial charge in [-0.1, -0.05) is 19.1 Å². The molecule has 14 heavy (non-hydrogen) atoms. The fraction of sp³-hybridized carbons (Fsp3) is 0.778. The van der Waals surface area contributed by atoms with Gasteiger partial charge in [0.1, 0.15) is 0 Å². The summed E-state index contributed by atoms with van der Waals surface area (Å²) in [6, 6.07) is 0. The number of rotatable bonds is 4. The SMILES string of the molecule is CCOC1N=C(C(C)C(N)=S)CCN1. The summed E-state index contributed by atoms with van der Waals surface area (Å²) in [6.07, 6.45) is 0.669. The number of aliphatic imine (C=N–C) groups is 1. The third-order valence-electron chi connectivity index (χ3n) is 2.23. The maximum atomic E-state index is 5.58. The second-order valence-corrected chi connectivity index (χ2v) is 3.73. The van der Waals surface area contributed by atoms with E-state index in [4.69, 9.17) is 22.7 Å². The Bertz CT molecular complexity index is 242. The van der Waals surface area contributed by atoms with Crippen LogP contribution < -0.4 is 11.1 Å². The van der Waals surface area contributed by atoms with E-state index in [1.54, 1.807) is 0 Å². The fourth-order valence-corrected chi connectivity index (χ4v) is 1.47. The van der Waals surface area contributed by atoms with Crippen molar-refractivity contribution in [3.63, 3.8) is 0 Å². The van der Waals surface area contributed by atoms with Gasteiger partial charge in [-0.2, -0.15) is 0 Å². The van der Waals surface area contributed by atoms with Gasteiger partial charge in [0.15, 0.2) is 0 Å². The van der Waals surface area contributed by atoms with Crippen molar-refractivity contribution in [2.45, 2.75) is 26.6 Å². The van der Waals surface area contributed by atoms with Gasteiger partial charge in [0.25, 0.3) is 0 Å². The molecule has 0 bridgehead atoms. The summed E-state index contributed by atoms with van der Waals surface area (Å²) >= 11 is 4.94. The normalized spacial score (nSPS) is 24.1. The Kier molecular flexibility index (Phi) is 4.44. The maximum Gasteiger partial charge on any atom is 0.204 e. The van der Waals surface area contributed by atoms with Crippen LogP contribution in [0.15, 0.2) is 4.99 Å². The average Bonchev–Trinajstić information content (AvgIpc) is 2.17. The summed E-state index contributed by atoms with van der Waals surface area (Å²) < 4.78 is 5.36. The Morgan fingerprint density at radius 2 is 2.57 bits per heavy atom. The summed E-state index contributed by atoms with van der Waals surface area (Å²) in [4.78, 5) is 4.91. The van der Waals surface area contributed by atoms with Gasteiger partial charge in [-0.15, -0.1) is 0 Å². The quantitative estimate of drug-likeness (QED) is 0.676. The minimum Gasteiger partial charge on any atom is -0.393 e. The molecular weight excluding hydrogens is 198 g/mol. The standard InChI is InChI=1S/C9H17N3OS/c1-3-13-9-11-5-4-7(12-9)6(2)8(10)14/h6,9,11H,3-5H2,1-2H3,(H2,10,14). The summed E-state index contributed by atoms with van der Waals surface area (Å²) in [5, 5.41) is 3.15. The molecule has 5 heteroatoms. The van der Waals surface area contributed by atoms with Crippen LogP contribution in [0.25, 0.3) is 0 Å². The van der Waals surface area contributed by atoms with Crippen molar-refractivity contribution >= 4 is 22.9 Å². The van der Waals surface area contributed by atoms with Gasteiger partial charge in [-0.3, -0.25) is 5.32 Å². The zero-order valence-electron chi connectivity index (χ0n) is 8.62. The summed E-state index contributed by atoms with van der Waals surface area (Å²) in [5.41, 5.74) is 6.61. The molecule has 0 fully saturated rings. The molecule has 2 atom stereocenters. The molecule has 1 rings (SSSR count). The van der Waals surface area contributed by atoms with Crippen LogP contribution in [0.1, 0.15) is 20.3 Å². The van der Waals surface area contributed by atoms with Crippen LogP contribution in [0, 0.1) is 5.92 Å². The Hall–Kier alpha value is -0.520. The van der Waals surface area contributed by atoms with Crippen LogP contribution in [0.4, 0.5) is 0 Å². The number of ether oxygens (including phenoxy) is 1. The molecule has 0 amide bonds. The molecule has 1 aliphatic rings. The van der Waals surface area contributed by atoms with Gasteiger partial charge in [-0.05, 0) is 13.3 Å². The van der Waals surface area contributed by atoms with Crippen molar-refractivity contribution in [1.82, 2.24) is 5.32 Å². The molecule has 0 aromatic rings. The van der Waals surface area contributed by atoms with Gasteiger partial charge in [0.05, 0.1) is 4.99 Å². The predicted molar refractivity (Wildman–Crippen MR) is 61.4 cm³/mol. The van der Waals surface area contributed by atoms with Gasteiger partial charge in [0.2, 0.25) is 6.35 Å². The molecule has 2 unspecified atom stereocenters. The van der Waals surface area contributed by atoms with E-state index in [1.165, 1.54) is 0 Å². The lowest BCUT2D eigenvalue weighted by Gasteiger charge is -2.24. The van der Waals surface area contributed by atoms with Crippen LogP contribution >= 0.6 is 12.2 Å². The third kappa shape index (κ3) is 3.01. The highest BCUT2D eigenvalue weighted by Gasteiger charge is 2.19. The van der Waals surface area contributed by atoms with Gasteiger partial charge in [0, 0.05) is 24.8 Å². The minimum atomic E-state index is -0.222. The smallest absolute Gasteiger partial charge is 0.204 e. The Balaban J connectivity index is 2.63. The summed E-state index contributed by atoms with van der Waals surface area (Å²) in [5.74, 6) is 0.0788. The molecule has 0 aromatic carbocycles. The number of nitrogens with one attached hydrogen (secondary N) is 1. The molecule has 0 spiro atoms. The fourth-order valence-electron chi connectivity index (χ4n) is 1.33. The third-order valence-corrected chi connectivity index (χ3v) is 2.59. The van der Waals surface area contributed by atoms with E-state index in [0.29, 0.717) is 11.6 Å². The second-order valence-electron chi connectivity index (χ2n) is 3.26. The van der Waals surface area contributed by atoms with Gasteiger partial charge >= 0.3 is 0 Å². The highest BCUT2D eigenvalue weighted by Crippen LogP contribution is 2.09. The van der Waals surface area contributed by atoms with E-state index in [-0.39, 0.29) is 12.3 Å². The molecule has 0 saturated heterocycles. The topological polar surface area (TPSA) is 59.6 Å². The largest absolute Gasteiger partial charge is 0.393 e. The van der Waals surface area contributed by atoms with Crippen molar-refractivity contribution in [2.24, 2.45) is 16.6 Å². The van der Waals surface area contributed by atoms with E-state index in [0.717, 1.165) is 18.7 Å². The molecule has 1 aliphatic heterocycles. The Morgan fingerprint density at radius 1 is 1.86 bits per heavy atom. The number of nitrogens with zero attached hydrogens (tertiary/aromatic N) is 1. The van der Waals surface area contributed by atoms with Crippen molar-refractivity contribution < 1.29 is 4.74 Å². The molecule has 0 aliphatic carbocycles. The zero-order valence-corrected chi connectivity index (χ0v) is 9.43. The van der Waals surface area contributed by atoms with E-state index in [2.05, 4.69) is 10.3 Å². The molecule has 80 valence electrons. The zero-order chi connectivity index (χ0) is 10.6. The Labute approximate surface area is 89.9 Å². The maximum absolute atomic E-state index is 5.58. The number of nitrogens with two attached hydrogens (primary N) is 1. The number of thiocarbonyl (C=S) groups is 1. The second kappa shape index (κ2) is 5.38. The van der Waals surface area contributed by atoms with E-state index in [1.807, 2.05) is 13.8 Å². The molecule has 1 heterocycles. The molecule has 0 saturated carbocycles. The molecule has 0 radical (unpaired) electrons. The van der Waals surface area contributed by atoms with Crippen molar-refractivity contribution in [1.29, 1.82) is 0 Å². The lowest BCUT2D eigenvalue weighted by molar-refractivity contribution is 0.0421. The molecule has 3 N–H and O–H groups in total. The van der Waals surface area contributed by atoms with Crippen molar-refractivity contribution in [2.75, 3.05) is 13.2 Å². The Morgan fingerprint density at radius 3 is 3.14 bits per heavy atom. The highest BCUT2D eigenvalue weighted by molar-refractivity contribution is 7.80. The van der Waals surface area contributed by atoms with Crippen LogP contribution in [-0.4, -0.2) is 30.2 Å². The van der Waals surface area contributed by atoms with Crippen LogP contribution in [0.2, 0.25) is 0 Å². The molecule has 0 aromatic heterocycles. The lowest BCUT2D eigenvalue weighted by Crippen LogP contribution is -2.40. The molecular formula is C9H17N3OS. The first kappa shape index (κ1) is 11.6. The van der Waals surface area contributed by atoms with Gasteiger partial charge < -0.3 is 10.5 Å². The van der Waals surface area contributed by atoms with E-state index < -0.39 is 0 Å². The van der Waals surface area contributed by atoms with Crippen molar-refractivity contribution in [3.8, 4) is 0 Å². The van der Waals surface area contributed by atoms with Crippen LogP contribution in [0.5, 0.6) is 0 Å². The average molecular weight is 215 g/mol. The van der Waals surface area contributed by atoms with Gasteiger partial charge in [-0.25, -0.2) is 4.99 Å². The number of hydrogen-bond donors (Lipinski definition) is 2. The monoisotopic (exact) mass is 215 g/mol. The molecule has 4 nitrogen and oxygen atoms in total. The van der Waals surface area contributed by atoms with Crippen molar-refractivity contribution in [3.05, 3.63) is 0 Å². The summed E-state index contributed by atoms with van der Waals surface area (Å²) in [6.45, 7) is 5.45. The summed E-state index contributed by atoms with van der Waals surface area (Å²) in [7, 11) is 0. The van der Waals surface area contributed by atoms with E-state index >= 15 is 0 Å². The lowest BCUT2D eigenvalue weighted by atomic mass is 10.0. The first-order chi connectivity index (χ1) is 6.65. The van der Waals surface area contributed by atoms with Crippen LogP contribution in [0.3, 0.4) is 0 Å². The predicted octanol–water partition coefficient (Wildman–Crippen LogP) is 0.663. The highest BCUT2D eigenvalue weighted by atomic mass is 32.1. The minimum absolute atomic E-state index is 0.0788. The van der Waals surface area contributed by atoms with Crippen LogP contribution in [-0.2, 0) is 4.74 Å².